The third kappa shape index (κ3) is 6.55. The molecule has 0 unspecified atom stereocenters. The molecule has 210 valence electrons. The molecule has 1 aromatic carbocycles. The fourth-order valence-electron chi connectivity index (χ4n) is 5.93. The topological polar surface area (TPSA) is 115 Å². The molecule has 1 aliphatic carbocycles. The van der Waals surface area contributed by atoms with E-state index in [-0.39, 0.29) is 35.0 Å². The Hall–Kier alpha value is -2.50. The van der Waals surface area contributed by atoms with Crippen LogP contribution in [-0.2, 0) is 31.5 Å². The maximum absolute atomic E-state index is 13.1. The lowest BCUT2D eigenvalue weighted by Gasteiger charge is -2.42. The van der Waals surface area contributed by atoms with Crippen LogP contribution in [0.5, 0.6) is 5.75 Å². The minimum Gasteiger partial charge on any atom is -0.497 e. The average Bonchev–Trinajstić information content (AvgIpc) is 3.33. The maximum Gasteiger partial charge on any atom is 0.236 e. The third-order valence-corrected chi connectivity index (χ3v) is 9.95. The predicted molar refractivity (Wildman–Crippen MR) is 142 cm³/mol. The molecule has 0 atom stereocenters. The molecule has 2 fully saturated rings. The van der Waals surface area contributed by atoms with E-state index < -0.39 is 15.6 Å². The van der Waals surface area contributed by atoms with Gasteiger partial charge in [-0.2, -0.15) is 4.98 Å². The molecular weight excluding hydrogens is 508 g/mol. The molecular formula is C27H40N4O6S. The van der Waals surface area contributed by atoms with Crippen LogP contribution >= 0.6 is 0 Å². The smallest absolute Gasteiger partial charge is 0.236 e. The highest BCUT2D eigenvalue weighted by Gasteiger charge is 2.32. The first kappa shape index (κ1) is 28.5. The Morgan fingerprint density at radius 3 is 2.29 bits per heavy atom. The Labute approximate surface area is 225 Å². The number of likely N-dealkylation sites (tertiary alicyclic amines) is 1. The molecule has 1 saturated carbocycles. The van der Waals surface area contributed by atoms with E-state index in [0.29, 0.717) is 29.0 Å². The number of hydrogen-bond acceptors (Lipinski definition) is 9. The second-order valence-corrected chi connectivity index (χ2v) is 12.5. The van der Waals surface area contributed by atoms with Gasteiger partial charge in [-0.15, -0.1) is 0 Å². The summed E-state index contributed by atoms with van der Waals surface area (Å²) in [5.74, 6) is 0.269. The number of methoxy groups -OCH3 is 2. The molecule has 2 aromatic rings. The van der Waals surface area contributed by atoms with Gasteiger partial charge in [-0.1, -0.05) is 5.16 Å². The lowest BCUT2D eigenvalue weighted by molar-refractivity contribution is -0.132. The highest BCUT2D eigenvalue weighted by Crippen LogP contribution is 2.30. The lowest BCUT2D eigenvalue weighted by atomic mass is 9.88. The number of carbonyl (C=O) groups is 1. The average molecular weight is 549 g/mol. The number of benzene rings is 1. The van der Waals surface area contributed by atoms with Crippen molar-refractivity contribution >= 4 is 15.7 Å². The van der Waals surface area contributed by atoms with Crippen LogP contribution in [0.3, 0.4) is 0 Å². The van der Waals surface area contributed by atoms with E-state index >= 15 is 0 Å². The van der Waals surface area contributed by atoms with Gasteiger partial charge >= 0.3 is 0 Å². The van der Waals surface area contributed by atoms with Gasteiger partial charge in [0.1, 0.15) is 17.9 Å². The standard InChI is InChI=1S/C27H40N4O6S/c1-18-14-23(36-5)15-19(2)27(18)38(33,34)17-24-28-25(37-29-24)16-26(32)30(3)20-6-8-21(9-7-20)31-12-10-22(35-4)11-13-31/h14-15,20-22H,6-13,16-17H2,1-5H3. The van der Waals surface area contributed by atoms with E-state index in [9.17, 15) is 13.2 Å². The zero-order valence-corrected chi connectivity index (χ0v) is 23.9. The van der Waals surface area contributed by atoms with Crippen molar-refractivity contribution in [2.75, 3.05) is 34.4 Å². The molecule has 0 spiro atoms. The highest BCUT2D eigenvalue weighted by molar-refractivity contribution is 7.90. The van der Waals surface area contributed by atoms with Gasteiger partial charge in [0.05, 0.1) is 18.1 Å². The first-order valence-corrected chi connectivity index (χ1v) is 15.0. The first-order valence-electron chi connectivity index (χ1n) is 13.3. The van der Waals surface area contributed by atoms with Crippen LogP contribution in [0.4, 0.5) is 0 Å². The van der Waals surface area contributed by atoms with Gasteiger partial charge in [-0.25, -0.2) is 8.42 Å². The van der Waals surface area contributed by atoms with Gasteiger partial charge in [0, 0.05) is 39.3 Å². The van der Waals surface area contributed by atoms with Gasteiger partial charge in [0.25, 0.3) is 0 Å². The van der Waals surface area contributed by atoms with Crippen LogP contribution < -0.4 is 4.74 Å². The third-order valence-electron chi connectivity index (χ3n) is 8.05. The summed E-state index contributed by atoms with van der Waals surface area (Å²) >= 11 is 0. The Morgan fingerprint density at radius 1 is 1.08 bits per heavy atom. The molecule has 1 saturated heterocycles. The van der Waals surface area contributed by atoms with Gasteiger partial charge in [-0.3, -0.25) is 4.79 Å². The van der Waals surface area contributed by atoms with Crippen molar-refractivity contribution in [3.8, 4) is 5.75 Å². The minimum atomic E-state index is -3.71. The van der Waals surface area contributed by atoms with Crippen LogP contribution in [0, 0.1) is 13.8 Å². The molecule has 0 bridgehead atoms. The highest BCUT2D eigenvalue weighted by atomic mass is 32.2. The van der Waals surface area contributed by atoms with Crippen molar-refractivity contribution < 1.29 is 27.2 Å². The number of likely N-dealkylation sites (N-methyl/N-ethyl adjacent to an activating group) is 1. The monoisotopic (exact) mass is 548 g/mol. The van der Waals surface area contributed by atoms with Gasteiger partial charge in [-0.05, 0) is 75.6 Å². The quantitative estimate of drug-likeness (QED) is 0.466. The van der Waals surface area contributed by atoms with E-state index in [0.717, 1.165) is 51.6 Å². The van der Waals surface area contributed by atoms with Gasteiger partial charge in [0.15, 0.2) is 15.7 Å². The first-order chi connectivity index (χ1) is 18.1. The number of amides is 1. The molecule has 1 aromatic heterocycles. The summed E-state index contributed by atoms with van der Waals surface area (Å²) in [7, 11) is 1.45. The summed E-state index contributed by atoms with van der Waals surface area (Å²) in [6.07, 6.45) is 6.58. The zero-order chi connectivity index (χ0) is 27.4. The second kappa shape index (κ2) is 12.1. The predicted octanol–water partition coefficient (Wildman–Crippen LogP) is 3.09. The summed E-state index contributed by atoms with van der Waals surface area (Å²) in [6, 6.07) is 4.13. The number of ether oxygens (including phenoxy) is 2. The Kier molecular flexibility index (Phi) is 9.10. The van der Waals surface area contributed by atoms with Crippen LogP contribution in [0.15, 0.2) is 21.6 Å². The molecule has 2 aliphatic rings. The molecule has 10 nitrogen and oxygen atoms in total. The summed E-state index contributed by atoms with van der Waals surface area (Å²) in [5, 5.41) is 3.84. The molecule has 0 radical (unpaired) electrons. The zero-order valence-electron chi connectivity index (χ0n) is 23.1. The second-order valence-electron chi connectivity index (χ2n) is 10.6. The van der Waals surface area contributed by atoms with E-state index in [1.165, 1.54) is 0 Å². The number of piperidine rings is 1. The van der Waals surface area contributed by atoms with E-state index in [2.05, 4.69) is 15.0 Å². The number of aryl methyl sites for hydroxylation is 2. The number of sulfone groups is 1. The molecule has 11 heteroatoms. The van der Waals surface area contributed by atoms with Crippen LogP contribution in [0.25, 0.3) is 0 Å². The fraction of sp³-hybridized carbons (Fsp3) is 0.667. The maximum atomic E-state index is 13.1. The van der Waals surface area contributed by atoms with Gasteiger partial charge < -0.3 is 23.8 Å². The normalized spacial score (nSPS) is 21.4. The van der Waals surface area contributed by atoms with Crippen LogP contribution in [0.2, 0.25) is 0 Å². The number of aromatic nitrogens is 2. The van der Waals surface area contributed by atoms with Gasteiger partial charge in [0.2, 0.25) is 11.8 Å². The summed E-state index contributed by atoms with van der Waals surface area (Å²) in [5.41, 5.74) is 1.19. The number of rotatable bonds is 9. The van der Waals surface area contributed by atoms with Crippen molar-refractivity contribution in [1.82, 2.24) is 19.9 Å². The summed E-state index contributed by atoms with van der Waals surface area (Å²) in [4.78, 5) is 21.8. The minimum absolute atomic E-state index is 0.0443. The molecule has 2 heterocycles. The van der Waals surface area contributed by atoms with Crippen LogP contribution in [-0.4, -0.2) is 86.8 Å². The SMILES string of the molecule is COc1cc(C)c(S(=O)(=O)Cc2noc(CC(=O)N(C)C3CCC(N4CCC(OC)CC4)CC3)n2)c(C)c1. The van der Waals surface area contributed by atoms with Crippen molar-refractivity contribution in [2.24, 2.45) is 0 Å². The number of carbonyl (C=O) groups excluding carboxylic acids is 1. The van der Waals surface area contributed by atoms with Crippen molar-refractivity contribution in [1.29, 1.82) is 0 Å². The lowest BCUT2D eigenvalue weighted by Crippen LogP contribution is -2.48. The van der Waals surface area contributed by atoms with Crippen molar-refractivity contribution in [2.45, 2.75) is 87.6 Å². The largest absolute Gasteiger partial charge is 0.497 e. The molecule has 1 aliphatic heterocycles. The fourth-order valence-corrected chi connectivity index (χ4v) is 7.63. The Bertz CT molecular complexity index is 1190. The van der Waals surface area contributed by atoms with E-state index in [1.807, 2.05) is 7.05 Å². The molecule has 1 amide bonds. The summed E-state index contributed by atoms with van der Waals surface area (Å²) in [6.45, 7) is 5.62. The molecule has 0 N–H and O–H groups in total. The number of hydrogen-bond donors (Lipinski definition) is 0. The summed E-state index contributed by atoms with van der Waals surface area (Å²) < 4.78 is 42.2. The van der Waals surface area contributed by atoms with Crippen molar-refractivity contribution in [3.05, 3.63) is 35.0 Å². The van der Waals surface area contributed by atoms with Crippen molar-refractivity contribution in [3.63, 3.8) is 0 Å². The van der Waals surface area contributed by atoms with E-state index in [4.69, 9.17) is 14.0 Å². The van der Waals surface area contributed by atoms with Crippen LogP contribution in [0.1, 0.15) is 61.4 Å². The Morgan fingerprint density at radius 2 is 1.71 bits per heavy atom. The Balaban J connectivity index is 1.30. The molecule has 4 rings (SSSR count). The molecule has 38 heavy (non-hydrogen) atoms. The van der Waals surface area contributed by atoms with E-state index in [1.54, 1.807) is 45.1 Å². The number of nitrogens with zero attached hydrogens (tertiary/aromatic N) is 4.